The Bertz CT molecular complexity index is 482. The second kappa shape index (κ2) is 5.78. The van der Waals surface area contributed by atoms with Crippen molar-refractivity contribution in [2.75, 3.05) is 0 Å². The summed E-state index contributed by atoms with van der Waals surface area (Å²) in [5.41, 5.74) is 0.699. The highest BCUT2D eigenvalue weighted by Crippen LogP contribution is 2.16. The van der Waals surface area contributed by atoms with Gasteiger partial charge in [0, 0.05) is 30.0 Å². The maximum atomic E-state index is 13.6. The molecule has 1 aromatic carbocycles. The molecule has 2 rings (SSSR count). The molecule has 0 saturated carbocycles. The lowest BCUT2D eigenvalue weighted by molar-refractivity contribution is 0.406. The summed E-state index contributed by atoms with van der Waals surface area (Å²) in [6, 6.07) is 8.97. The molecule has 0 radical (unpaired) electrons. The van der Waals surface area contributed by atoms with Crippen molar-refractivity contribution in [2.24, 2.45) is 0 Å². The number of rotatable bonds is 5. The van der Waals surface area contributed by atoms with Gasteiger partial charge < -0.3 is 5.32 Å². The molecule has 0 bridgehead atoms. The molecule has 0 fully saturated rings. The summed E-state index contributed by atoms with van der Waals surface area (Å²) in [7, 11) is 0. The van der Waals surface area contributed by atoms with Crippen molar-refractivity contribution in [3.05, 3.63) is 54.1 Å². The van der Waals surface area contributed by atoms with Gasteiger partial charge in [0.15, 0.2) is 0 Å². The molecule has 96 valence electrons. The first-order valence-corrected chi connectivity index (χ1v) is 6.14. The second-order valence-corrected chi connectivity index (χ2v) is 4.54. The van der Waals surface area contributed by atoms with Gasteiger partial charge in [0.25, 0.3) is 0 Å². The Labute approximate surface area is 107 Å². The van der Waals surface area contributed by atoms with E-state index >= 15 is 0 Å². The standard InChI is InChI=1S/C14H18FN3/c1-11(10-18-9-5-8-16-18)17-12(2)13-6-3-4-7-14(13)15/h3-9,11-12,17H,10H2,1-2H3. The normalized spacial score (nSPS) is 14.4. The summed E-state index contributed by atoms with van der Waals surface area (Å²) in [5.74, 6) is -0.163. The average Bonchev–Trinajstić information content (AvgIpc) is 2.82. The molecular weight excluding hydrogens is 229 g/mol. The van der Waals surface area contributed by atoms with Gasteiger partial charge in [0.1, 0.15) is 5.82 Å². The van der Waals surface area contributed by atoms with E-state index in [-0.39, 0.29) is 17.9 Å². The van der Waals surface area contributed by atoms with E-state index in [1.54, 1.807) is 12.3 Å². The molecule has 0 aliphatic rings. The van der Waals surface area contributed by atoms with Crippen LogP contribution < -0.4 is 5.32 Å². The van der Waals surface area contributed by atoms with Crippen molar-refractivity contribution in [3.8, 4) is 0 Å². The molecule has 2 aromatic rings. The van der Waals surface area contributed by atoms with Crippen molar-refractivity contribution < 1.29 is 4.39 Å². The zero-order valence-electron chi connectivity index (χ0n) is 10.7. The Balaban J connectivity index is 1.95. The molecule has 2 atom stereocenters. The lowest BCUT2D eigenvalue weighted by Crippen LogP contribution is -2.33. The third-order valence-electron chi connectivity index (χ3n) is 2.93. The van der Waals surface area contributed by atoms with Crippen LogP contribution in [0.5, 0.6) is 0 Å². The van der Waals surface area contributed by atoms with Gasteiger partial charge in [0.05, 0.1) is 6.54 Å². The summed E-state index contributed by atoms with van der Waals surface area (Å²) >= 11 is 0. The van der Waals surface area contributed by atoms with Crippen molar-refractivity contribution >= 4 is 0 Å². The fourth-order valence-electron chi connectivity index (χ4n) is 2.08. The first-order valence-electron chi connectivity index (χ1n) is 6.14. The van der Waals surface area contributed by atoms with Crippen LogP contribution in [0.1, 0.15) is 25.5 Å². The van der Waals surface area contributed by atoms with Crippen LogP contribution >= 0.6 is 0 Å². The monoisotopic (exact) mass is 247 g/mol. The Kier molecular flexibility index (Phi) is 4.10. The molecule has 4 heteroatoms. The lowest BCUT2D eigenvalue weighted by atomic mass is 10.1. The van der Waals surface area contributed by atoms with Crippen LogP contribution in [0, 0.1) is 5.82 Å². The Morgan fingerprint density at radius 2 is 2.06 bits per heavy atom. The molecule has 0 aliphatic carbocycles. The maximum absolute atomic E-state index is 13.6. The van der Waals surface area contributed by atoms with E-state index in [0.29, 0.717) is 5.56 Å². The maximum Gasteiger partial charge on any atom is 0.127 e. The fraction of sp³-hybridized carbons (Fsp3) is 0.357. The summed E-state index contributed by atoms with van der Waals surface area (Å²) < 4.78 is 15.5. The van der Waals surface area contributed by atoms with Crippen LogP contribution in [0.4, 0.5) is 4.39 Å². The predicted octanol–water partition coefficient (Wildman–Crippen LogP) is 2.76. The molecule has 0 aliphatic heterocycles. The Morgan fingerprint density at radius 3 is 2.72 bits per heavy atom. The minimum atomic E-state index is -0.163. The van der Waals surface area contributed by atoms with Gasteiger partial charge in [0.2, 0.25) is 0 Å². The second-order valence-electron chi connectivity index (χ2n) is 4.54. The summed E-state index contributed by atoms with van der Waals surface area (Å²) in [5, 5.41) is 7.53. The van der Waals surface area contributed by atoms with E-state index in [1.807, 2.05) is 36.0 Å². The van der Waals surface area contributed by atoms with Gasteiger partial charge in [-0.15, -0.1) is 0 Å². The number of aromatic nitrogens is 2. The summed E-state index contributed by atoms with van der Waals surface area (Å²) in [6.07, 6.45) is 3.68. The first-order chi connectivity index (χ1) is 8.66. The largest absolute Gasteiger partial charge is 0.306 e. The van der Waals surface area contributed by atoms with Gasteiger partial charge in [-0.1, -0.05) is 18.2 Å². The van der Waals surface area contributed by atoms with Crippen molar-refractivity contribution in [1.29, 1.82) is 0 Å². The lowest BCUT2D eigenvalue weighted by Gasteiger charge is -2.20. The third-order valence-corrected chi connectivity index (χ3v) is 2.93. The number of halogens is 1. The minimum absolute atomic E-state index is 0.0169. The van der Waals surface area contributed by atoms with Crippen LogP contribution in [-0.2, 0) is 6.54 Å². The number of hydrogen-bond acceptors (Lipinski definition) is 2. The zero-order chi connectivity index (χ0) is 13.0. The SMILES string of the molecule is CC(Cn1cccn1)NC(C)c1ccccc1F. The van der Waals surface area contributed by atoms with E-state index in [2.05, 4.69) is 17.3 Å². The van der Waals surface area contributed by atoms with Crippen LogP contribution in [-0.4, -0.2) is 15.8 Å². The third kappa shape index (κ3) is 3.17. The minimum Gasteiger partial charge on any atom is -0.306 e. The number of benzene rings is 1. The highest BCUT2D eigenvalue weighted by Gasteiger charge is 2.13. The Hall–Kier alpha value is -1.68. The van der Waals surface area contributed by atoms with Crippen molar-refractivity contribution in [1.82, 2.24) is 15.1 Å². The summed E-state index contributed by atoms with van der Waals surface area (Å²) in [6.45, 7) is 4.81. The molecule has 18 heavy (non-hydrogen) atoms. The van der Waals surface area contributed by atoms with E-state index in [4.69, 9.17) is 0 Å². The van der Waals surface area contributed by atoms with Gasteiger partial charge in [-0.2, -0.15) is 5.10 Å². The van der Waals surface area contributed by atoms with Crippen LogP contribution in [0.25, 0.3) is 0 Å². The molecule has 1 N–H and O–H groups in total. The van der Waals surface area contributed by atoms with E-state index in [9.17, 15) is 4.39 Å². The topological polar surface area (TPSA) is 29.9 Å². The van der Waals surface area contributed by atoms with Crippen LogP contribution in [0.3, 0.4) is 0 Å². The summed E-state index contributed by atoms with van der Waals surface area (Å²) in [4.78, 5) is 0. The van der Waals surface area contributed by atoms with E-state index in [0.717, 1.165) is 6.54 Å². The van der Waals surface area contributed by atoms with Gasteiger partial charge in [-0.25, -0.2) is 4.39 Å². The number of nitrogens with one attached hydrogen (secondary N) is 1. The molecule has 2 unspecified atom stereocenters. The molecule has 0 amide bonds. The van der Waals surface area contributed by atoms with Gasteiger partial charge in [-0.3, -0.25) is 4.68 Å². The molecule has 3 nitrogen and oxygen atoms in total. The van der Waals surface area contributed by atoms with Gasteiger partial charge in [-0.05, 0) is 26.0 Å². The average molecular weight is 247 g/mol. The quantitative estimate of drug-likeness (QED) is 0.880. The molecule has 1 heterocycles. The van der Waals surface area contributed by atoms with Crippen molar-refractivity contribution in [3.63, 3.8) is 0 Å². The number of hydrogen-bond donors (Lipinski definition) is 1. The molecule has 0 spiro atoms. The van der Waals surface area contributed by atoms with E-state index < -0.39 is 0 Å². The first kappa shape index (κ1) is 12.8. The van der Waals surface area contributed by atoms with E-state index in [1.165, 1.54) is 6.07 Å². The van der Waals surface area contributed by atoms with Crippen molar-refractivity contribution in [2.45, 2.75) is 32.5 Å². The smallest absolute Gasteiger partial charge is 0.127 e. The molecular formula is C14H18FN3. The fourth-order valence-corrected chi connectivity index (χ4v) is 2.08. The zero-order valence-corrected chi connectivity index (χ0v) is 10.7. The highest BCUT2D eigenvalue weighted by atomic mass is 19.1. The van der Waals surface area contributed by atoms with Gasteiger partial charge >= 0.3 is 0 Å². The Morgan fingerprint density at radius 1 is 1.28 bits per heavy atom. The van der Waals surface area contributed by atoms with Crippen LogP contribution in [0.15, 0.2) is 42.7 Å². The predicted molar refractivity (Wildman–Crippen MR) is 69.6 cm³/mol. The number of nitrogens with zero attached hydrogens (tertiary/aromatic N) is 2. The molecule has 0 saturated heterocycles. The van der Waals surface area contributed by atoms with Crippen LogP contribution in [0.2, 0.25) is 0 Å². The highest BCUT2D eigenvalue weighted by molar-refractivity contribution is 5.20. The molecule has 1 aromatic heterocycles.